The number of carbonyl (C=O) groups excluding carboxylic acids is 1. The molecule has 0 bridgehead atoms. The minimum atomic E-state index is -0.446. The maximum Gasteiger partial charge on any atom is 0.333 e. The Bertz CT molecular complexity index is 580. The van der Waals surface area contributed by atoms with Crippen molar-refractivity contribution in [2.24, 2.45) is 7.05 Å². The summed E-state index contributed by atoms with van der Waals surface area (Å²) in [7, 11) is 2.85. The van der Waals surface area contributed by atoms with Gasteiger partial charge in [-0.1, -0.05) is 13.0 Å². The summed E-state index contributed by atoms with van der Waals surface area (Å²) >= 11 is 0. The minimum absolute atomic E-state index is 0.0601. The van der Waals surface area contributed by atoms with Gasteiger partial charge in [0.15, 0.2) is 0 Å². The molecule has 1 rings (SSSR count). The zero-order chi connectivity index (χ0) is 13.7. The molecule has 1 aromatic heterocycles. The highest BCUT2D eigenvalue weighted by Crippen LogP contribution is 2.02. The smallest absolute Gasteiger partial charge is 0.333 e. The first-order valence-electron chi connectivity index (χ1n) is 5.55. The number of ether oxygens (including phenoxy) is 1. The Labute approximate surface area is 104 Å². The fraction of sp³-hybridized carbons (Fsp3) is 0.417. The third-order valence-corrected chi connectivity index (χ3v) is 2.59. The normalized spacial score (nSPS) is 11.4. The molecule has 0 fully saturated rings. The van der Waals surface area contributed by atoms with Gasteiger partial charge in [-0.05, 0) is 6.42 Å². The highest BCUT2D eigenvalue weighted by atomic mass is 16.5. The molecule has 6 heteroatoms. The highest BCUT2D eigenvalue weighted by Gasteiger charge is 2.07. The molecule has 1 aromatic rings. The molecule has 98 valence electrons. The second-order valence-electron chi connectivity index (χ2n) is 3.73. The Kier molecular flexibility index (Phi) is 4.65. The predicted octanol–water partition coefficient (Wildman–Crippen LogP) is 0.0564. The molecule has 0 aliphatic rings. The van der Waals surface area contributed by atoms with E-state index in [4.69, 9.17) is 0 Å². The maximum atomic E-state index is 11.7. The van der Waals surface area contributed by atoms with E-state index in [-0.39, 0.29) is 6.54 Å². The average molecular weight is 252 g/mol. The molecule has 0 radical (unpaired) electrons. The van der Waals surface area contributed by atoms with Gasteiger partial charge in [0.25, 0.3) is 5.56 Å². The lowest BCUT2D eigenvalue weighted by molar-refractivity contribution is -0.136. The van der Waals surface area contributed by atoms with Gasteiger partial charge >= 0.3 is 11.7 Å². The quantitative estimate of drug-likeness (QED) is 0.561. The average Bonchev–Trinajstić information content (AvgIpc) is 2.37. The second kappa shape index (κ2) is 6.00. The molecule has 0 aliphatic heterocycles. The van der Waals surface area contributed by atoms with Gasteiger partial charge in [-0.2, -0.15) is 0 Å². The van der Waals surface area contributed by atoms with Crippen LogP contribution < -0.4 is 11.2 Å². The molecular formula is C12H16N2O4. The number of rotatable bonds is 4. The lowest BCUT2D eigenvalue weighted by Crippen LogP contribution is -2.37. The van der Waals surface area contributed by atoms with Crippen LogP contribution >= 0.6 is 0 Å². The van der Waals surface area contributed by atoms with Crippen LogP contribution in [0.25, 0.3) is 0 Å². The first kappa shape index (κ1) is 14.0. The van der Waals surface area contributed by atoms with E-state index in [1.165, 1.54) is 30.0 Å². The SMILES string of the molecule is CCC(=CCn1c(=O)ccn(C)c1=O)C(=O)OC. The first-order chi connectivity index (χ1) is 8.51. The van der Waals surface area contributed by atoms with Crippen LogP contribution in [0.1, 0.15) is 13.3 Å². The van der Waals surface area contributed by atoms with Gasteiger partial charge in [0.05, 0.1) is 7.11 Å². The monoisotopic (exact) mass is 252 g/mol. The van der Waals surface area contributed by atoms with Crippen molar-refractivity contribution in [3.8, 4) is 0 Å². The highest BCUT2D eigenvalue weighted by molar-refractivity contribution is 5.88. The molecule has 0 saturated carbocycles. The van der Waals surface area contributed by atoms with Gasteiger partial charge in [0.1, 0.15) is 0 Å². The predicted molar refractivity (Wildman–Crippen MR) is 66.3 cm³/mol. The Hall–Kier alpha value is -2.11. The van der Waals surface area contributed by atoms with E-state index in [1.54, 1.807) is 14.0 Å². The molecule has 0 spiro atoms. The fourth-order valence-electron chi connectivity index (χ4n) is 1.49. The molecule has 0 aliphatic carbocycles. The van der Waals surface area contributed by atoms with Crippen LogP contribution in [0, 0.1) is 0 Å². The summed E-state index contributed by atoms with van der Waals surface area (Å²) in [5.41, 5.74) is -0.371. The van der Waals surface area contributed by atoms with Crippen molar-refractivity contribution in [3.63, 3.8) is 0 Å². The third kappa shape index (κ3) is 2.97. The number of nitrogens with zero attached hydrogens (tertiary/aromatic N) is 2. The number of hydrogen-bond acceptors (Lipinski definition) is 4. The van der Waals surface area contributed by atoms with E-state index < -0.39 is 17.2 Å². The zero-order valence-electron chi connectivity index (χ0n) is 10.7. The van der Waals surface area contributed by atoms with E-state index in [1.807, 2.05) is 0 Å². The molecule has 0 aromatic carbocycles. The van der Waals surface area contributed by atoms with Crippen LogP contribution in [0.5, 0.6) is 0 Å². The number of hydrogen-bond donors (Lipinski definition) is 0. The molecule has 18 heavy (non-hydrogen) atoms. The van der Waals surface area contributed by atoms with Gasteiger partial charge < -0.3 is 9.30 Å². The van der Waals surface area contributed by atoms with Crippen LogP contribution in [0.2, 0.25) is 0 Å². The maximum absolute atomic E-state index is 11.7. The molecule has 0 unspecified atom stereocenters. The lowest BCUT2D eigenvalue weighted by atomic mass is 10.2. The lowest BCUT2D eigenvalue weighted by Gasteiger charge is -2.05. The molecular weight excluding hydrogens is 236 g/mol. The van der Waals surface area contributed by atoms with Crippen molar-refractivity contribution in [2.75, 3.05) is 7.11 Å². The summed E-state index contributed by atoms with van der Waals surface area (Å²) in [5.74, 6) is -0.446. The van der Waals surface area contributed by atoms with Crippen LogP contribution in [0.15, 0.2) is 33.5 Å². The van der Waals surface area contributed by atoms with E-state index in [9.17, 15) is 14.4 Å². The summed E-state index contributed by atoms with van der Waals surface area (Å²) in [5, 5.41) is 0. The van der Waals surface area contributed by atoms with Gasteiger partial charge in [-0.25, -0.2) is 9.59 Å². The van der Waals surface area contributed by atoms with Crippen LogP contribution in [-0.4, -0.2) is 22.2 Å². The summed E-state index contributed by atoms with van der Waals surface area (Å²) in [6.45, 7) is 1.86. The number of aryl methyl sites for hydroxylation is 1. The van der Waals surface area contributed by atoms with E-state index >= 15 is 0 Å². The van der Waals surface area contributed by atoms with Gasteiger partial charge in [-0.15, -0.1) is 0 Å². The van der Waals surface area contributed by atoms with Crippen LogP contribution in [0.3, 0.4) is 0 Å². The summed E-state index contributed by atoms with van der Waals surface area (Å²) in [6, 6.07) is 1.30. The van der Waals surface area contributed by atoms with E-state index in [0.717, 1.165) is 4.57 Å². The molecule has 0 N–H and O–H groups in total. The standard InChI is InChI=1S/C12H16N2O4/c1-4-9(11(16)18-3)5-8-14-10(15)6-7-13(2)12(14)17/h5-7H,4,8H2,1-3H3. The van der Waals surface area contributed by atoms with Crippen molar-refractivity contribution in [1.29, 1.82) is 0 Å². The minimum Gasteiger partial charge on any atom is -0.466 e. The van der Waals surface area contributed by atoms with Gasteiger partial charge in [0.2, 0.25) is 0 Å². The number of allylic oxidation sites excluding steroid dienone is 1. The summed E-state index contributed by atoms with van der Waals surface area (Å²) in [6.07, 6.45) is 3.43. The Morgan fingerprint density at radius 1 is 1.44 bits per heavy atom. The molecule has 0 atom stereocenters. The Balaban J connectivity index is 3.09. The fourth-order valence-corrected chi connectivity index (χ4v) is 1.49. The third-order valence-electron chi connectivity index (χ3n) is 2.59. The van der Waals surface area contributed by atoms with Crippen molar-refractivity contribution in [2.45, 2.75) is 19.9 Å². The van der Waals surface area contributed by atoms with Crippen LogP contribution in [-0.2, 0) is 23.1 Å². The Morgan fingerprint density at radius 3 is 2.67 bits per heavy atom. The van der Waals surface area contributed by atoms with Crippen molar-refractivity contribution in [3.05, 3.63) is 44.8 Å². The first-order valence-corrected chi connectivity index (χ1v) is 5.55. The van der Waals surface area contributed by atoms with E-state index in [2.05, 4.69) is 4.74 Å². The number of methoxy groups -OCH3 is 1. The Morgan fingerprint density at radius 2 is 2.11 bits per heavy atom. The molecule has 0 amide bonds. The van der Waals surface area contributed by atoms with Crippen LogP contribution in [0.4, 0.5) is 0 Å². The number of carbonyl (C=O) groups is 1. The van der Waals surface area contributed by atoms with Crippen molar-refractivity contribution in [1.82, 2.24) is 9.13 Å². The summed E-state index contributed by atoms with van der Waals surface area (Å²) < 4.78 is 6.96. The largest absolute Gasteiger partial charge is 0.466 e. The molecule has 1 heterocycles. The topological polar surface area (TPSA) is 70.3 Å². The second-order valence-corrected chi connectivity index (χ2v) is 3.73. The van der Waals surface area contributed by atoms with Crippen molar-refractivity contribution >= 4 is 5.97 Å². The molecule has 0 saturated heterocycles. The van der Waals surface area contributed by atoms with Crippen molar-refractivity contribution < 1.29 is 9.53 Å². The summed E-state index contributed by atoms with van der Waals surface area (Å²) in [4.78, 5) is 34.6. The van der Waals surface area contributed by atoms with Gasteiger partial charge in [0, 0.05) is 31.4 Å². The molecule has 6 nitrogen and oxygen atoms in total. The zero-order valence-corrected chi connectivity index (χ0v) is 10.7. The number of aromatic nitrogens is 2. The van der Waals surface area contributed by atoms with E-state index in [0.29, 0.717) is 12.0 Å². The number of esters is 1. The van der Waals surface area contributed by atoms with Gasteiger partial charge in [-0.3, -0.25) is 9.36 Å².